The Morgan fingerprint density at radius 1 is 1.43 bits per heavy atom. The monoisotopic (exact) mass is 204 g/mol. The molecule has 14 heavy (non-hydrogen) atoms. The normalized spacial score (nSPS) is 9.93. The summed E-state index contributed by atoms with van der Waals surface area (Å²) in [6, 6.07) is -0.924. The van der Waals surface area contributed by atoms with Gasteiger partial charge in [-0.3, -0.25) is 9.59 Å². The van der Waals surface area contributed by atoms with Gasteiger partial charge < -0.3 is 15.2 Å². The van der Waals surface area contributed by atoms with Crippen LogP contribution in [0, 0.1) is 5.41 Å². The molecule has 0 fully saturated rings. The van der Waals surface area contributed by atoms with E-state index >= 15 is 0 Å². The van der Waals surface area contributed by atoms with Gasteiger partial charge >= 0.3 is 11.9 Å². The van der Waals surface area contributed by atoms with E-state index in [1.807, 2.05) is 0 Å². The molecule has 1 atom stereocenters. The second kappa shape index (κ2) is 9.37. The summed E-state index contributed by atoms with van der Waals surface area (Å²) in [6.45, 7) is 0. The Hall–Kier alpha value is -1.72. The van der Waals surface area contributed by atoms with Crippen LogP contribution in [0.5, 0.6) is 0 Å². The molecule has 0 aliphatic carbocycles. The molecular formula is C7H12N2O5. The number of isocyanates is 1. The summed E-state index contributed by atoms with van der Waals surface area (Å²) in [5.41, 5.74) is 5.23. The zero-order valence-corrected chi connectivity index (χ0v) is 7.90. The predicted octanol–water partition coefficient (Wildman–Crippen LogP) is -1.05. The molecule has 7 nitrogen and oxygen atoms in total. The van der Waals surface area contributed by atoms with Crippen LogP contribution >= 0.6 is 0 Å². The molecule has 0 heterocycles. The van der Waals surface area contributed by atoms with E-state index < -0.39 is 18.0 Å². The van der Waals surface area contributed by atoms with E-state index in [-0.39, 0.29) is 6.42 Å². The highest BCUT2D eigenvalue weighted by atomic mass is 16.5. The van der Waals surface area contributed by atoms with Crippen molar-refractivity contribution < 1.29 is 23.9 Å². The molecule has 0 aromatic rings. The minimum atomic E-state index is -0.924. The third-order valence-electron chi connectivity index (χ3n) is 1.12. The molecule has 80 valence electrons. The summed E-state index contributed by atoms with van der Waals surface area (Å²) < 4.78 is 8.57. The summed E-state index contributed by atoms with van der Waals surface area (Å²) in [7, 11) is 2.44. The van der Waals surface area contributed by atoms with Gasteiger partial charge in [0, 0.05) is 0 Å². The minimum Gasteiger partial charge on any atom is -0.469 e. The van der Waals surface area contributed by atoms with E-state index in [9.17, 15) is 9.59 Å². The smallest absolute Gasteiger partial charge is 0.323 e. The number of nitrogens with two attached hydrogens (primary N) is 1. The van der Waals surface area contributed by atoms with Gasteiger partial charge in [0.2, 0.25) is 6.08 Å². The Morgan fingerprint density at radius 3 is 2.14 bits per heavy atom. The van der Waals surface area contributed by atoms with Crippen molar-refractivity contribution in [1.82, 2.24) is 0 Å². The number of rotatable bonds is 3. The van der Waals surface area contributed by atoms with E-state index in [4.69, 9.17) is 15.9 Å². The van der Waals surface area contributed by atoms with Crippen molar-refractivity contribution in [2.24, 2.45) is 5.73 Å². The number of ether oxygens (including phenoxy) is 2. The Bertz CT molecular complexity index is 222. The fourth-order valence-corrected chi connectivity index (χ4v) is 0.498. The molecule has 0 aliphatic rings. The van der Waals surface area contributed by atoms with Crippen molar-refractivity contribution >= 4 is 18.0 Å². The van der Waals surface area contributed by atoms with E-state index in [1.54, 1.807) is 0 Å². The lowest BCUT2D eigenvalue weighted by Gasteiger charge is -2.06. The quantitative estimate of drug-likeness (QED) is 0.344. The molecule has 0 aromatic carbocycles. The number of esters is 2. The molecule has 0 radical (unpaired) electrons. The van der Waals surface area contributed by atoms with Crippen LogP contribution < -0.4 is 5.73 Å². The first-order valence-corrected chi connectivity index (χ1v) is 3.47. The van der Waals surface area contributed by atoms with E-state index in [1.165, 1.54) is 14.2 Å². The number of nitrogens with one attached hydrogen (secondary N) is 1. The lowest BCUT2D eigenvalue weighted by molar-refractivity contribution is -0.148. The highest BCUT2D eigenvalue weighted by Crippen LogP contribution is 1.92. The second-order valence-corrected chi connectivity index (χ2v) is 2.01. The molecule has 0 aromatic heterocycles. The zero-order chi connectivity index (χ0) is 11.6. The summed E-state index contributed by atoms with van der Waals surface area (Å²) in [6.07, 6.45) is 0.600. The average Bonchev–Trinajstić information content (AvgIpc) is 2.17. The van der Waals surface area contributed by atoms with Gasteiger partial charge in [-0.15, -0.1) is 0 Å². The molecule has 0 spiro atoms. The Morgan fingerprint density at radius 2 is 1.86 bits per heavy atom. The molecule has 7 heteroatoms. The van der Waals surface area contributed by atoms with Crippen LogP contribution in [-0.4, -0.2) is 38.3 Å². The zero-order valence-electron chi connectivity index (χ0n) is 7.90. The van der Waals surface area contributed by atoms with E-state index in [2.05, 4.69) is 9.47 Å². The third-order valence-corrected chi connectivity index (χ3v) is 1.12. The third kappa shape index (κ3) is 8.38. The van der Waals surface area contributed by atoms with Gasteiger partial charge in [-0.25, -0.2) is 10.2 Å². The molecule has 0 aliphatic heterocycles. The van der Waals surface area contributed by atoms with Gasteiger partial charge in [-0.05, 0) is 0 Å². The van der Waals surface area contributed by atoms with Crippen LogP contribution in [0.4, 0.5) is 0 Å². The Kier molecular flexibility index (Phi) is 9.89. The molecule has 0 saturated heterocycles. The lowest BCUT2D eigenvalue weighted by atomic mass is 10.2. The topological polar surface area (TPSA) is 120 Å². The molecule has 0 amide bonds. The standard InChI is InChI=1S/C6H11NO4.CHNO/c1-10-5(8)3-4(7)6(9)11-2;2-1-3/h4H,3,7H2,1-2H3;2H/t4-;/m0./s1. The first kappa shape index (κ1) is 14.8. The van der Waals surface area contributed by atoms with Gasteiger partial charge in [-0.2, -0.15) is 0 Å². The van der Waals surface area contributed by atoms with E-state index in [0.717, 1.165) is 6.08 Å². The number of carbonyl (C=O) groups is 2. The van der Waals surface area contributed by atoms with Gasteiger partial charge in [0.05, 0.1) is 20.6 Å². The maximum Gasteiger partial charge on any atom is 0.323 e. The lowest BCUT2D eigenvalue weighted by Crippen LogP contribution is -2.34. The maximum atomic E-state index is 10.6. The molecular weight excluding hydrogens is 192 g/mol. The number of methoxy groups -OCH3 is 2. The van der Waals surface area contributed by atoms with Crippen LogP contribution in [0.25, 0.3) is 0 Å². The fourth-order valence-electron chi connectivity index (χ4n) is 0.498. The molecule has 0 rings (SSSR count). The summed E-state index contributed by atoms with van der Waals surface area (Å²) in [5, 5.41) is 5.40. The van der Waals surface area contributed by atoms with Gasteiger partial charge in [0.25, 0.3) is 0 Å². The molecule has 0 unspecified atom stereocenters. The second-order valence-electron chi connectivity index (χ2n) is 2.01. The van der Waals surface area contributed by atoms with Crippen molar-refractivity contribution in [3.63, 3.8) is 0 Å². The van der Waals surface area contributed by atoms with Crippen LogP contribution in [0.2, 0.25) is 0 Å². The van der Waals surface area contributed by atoms with Crippen molar-refractivity contribution in [3.05, 3.63) is 0 Å². The van der Waals surface area contributed by atoms with Crippen molar-refractivity contribution in [2.45, 2.75) is 12.5 Å². The van der Waals surface area contributed by atoms with Gasteiger partial charge in [-0.1, -0.05) is 0 Å². The molecule has 0 saturated carbocycles. The highest BCUT2D eigenvalue weighted by Gasteiger charge is 2.17. The van der Waals surface area contributed by atoms with E-state index in [0.29, 0.717) is 0 Å². The summed E-state index contributed by atoms with van der Waals surface area (Å²) in [4.78, 5) is 29.5. The first-order chi connectivity index (χ1) is 6.53. The number of hydrogen-bond acceptors (Lipinski definition) is 7. The van der Waals surface area contributed by atoms with Crippen molar-refractivity contribution in [1.29, 1.82) is 5.41 Å². The fraction of sp³-hybridized carbons (Fsp3) is 0.571. The summed E-state index contributed by atoms with van der Waals surface area (Å²) >= 11 is 0. The first-order valence-electron chi connectivity index (χ1n) is 3.47. The SMILES string of the molecule is COC(=O)C[C@H](N)C(=O)OC.N=C=O. The van der Waals surface area contributed by atoms with Crippen LogP contribution in [-0.2, 0) is 23.9 Å². The van der Waals surface area contributed by atoms with Crippen LogP contribution in [0.15, 0.2) is 0 Å². The van der Waals surface area contributed by atoms with Crippen molar-refractivity contribution in [2.75, 3.05) is 14.2 Å². The molecule has 3 N–H and O–H groups in total. The highest BCUT2D eigenvalue weighted by molar-refractivity contribution is 5.82. The largest absolute Gasteiger partial charge is 0.469 e. The minimum absolute atomic E-state index is 0.150. The van der Waals surface area contributed by atoms with Crippen molar-refractivity contribution in [3.8, 4) is 0 Å². The maximum absolute atomic E-state index is 10.6. The van der Waals surface area contributed by atoms with Gasteiger partial charge in [0.15, 0.2) is 0 Å². The average molecular weight is 204 g/mol. The number of carbonyl (C=O) groups excluding carboxylic acids is 3. The number of hydrogen-bond donors (Lipinski definition) is 2. The summed E-state index contributed by atoms with van der Waals surface area (Å²) in [5.74, 6) is -1.14. The van der Waals surface area contributed by atoms with Crippen LogP contribution in [0.1, 0.15) is 6.42 Å². The van der Waals surface area contributed by atoms with Crippen LogP contribution in [0.3, 0.4) is 0 Å². The predicted molar refractivity (Wildman–Crippen MR) is 45.0 cm³/mol. The Balaban J connectivity index is 0. The molecule has 0 bridgehead atoms. The van der Waals surface area contributed by atoms with Gasteiger partial charge in [0.1, 0.15) is 6.04 Å². The Labute approximate surface area is 80.7 Å².